The van der Waals surface area contributed by atoms with Crippen LogP contribution in [0.25, 0.3) is 0 Å². The van der Waals surface area contributed by atoms with E-state index in [2.05, 4.69) is 32.6 Å². The average molecular weight is 265 g/mol. The van der Waals surface area contributed by atoms with E-state index in [1.165, 1.54) is 4.88 Å². The Morgan fingerprint density at radius 1 is 1.33 bits per heavy atom. The van der Waals surface area contributed by atoms with Crippen LogP contribution in [-0.4, -0.2) is 15.0 Å². The van der Waals surface area contributed by atoms with Gasteiger partial charge in [0.25, 0.3) is 0 Å². The molecule has 0 spiro atoms. The monoisotopic (exact) mass is 265 g/mol. The molecule has 2 heterocycles. The summed E-state index contributed by atoms with van der Waals surface area (Å²) in [4.78, 5) is 13.5. The molecule has 0 radical (unpaired) electrons. The van der Waals surface area contributed by atoms with Crippen molar-refractivity contribution in [3.63, 3.8) is 0 Å². The molecule has 7 nitrogen and oxygen atoms in total. The molecule has 0 amide bonds. The van der Waals surface area contributed by atoms with Gasteiger partial charge in [0, 0.05) is 17.1 Å². The molecule has 18 heavy (non-hydrogen) atoms. The Hall–Kier alpha value is -1.93. The van der Waals surface area contributed by atoms with Crippen molar-refractivity contribution < 1.29 is 0 Å². The molecule has 0 bridgehead atoms. The molecule has 96 valence electrons. The largest absolute Gasteiger partial charge is 0.368 e. The number of aromatic nitrogens is 3. The maximum Gasteiger partial charge on any atom is 0.223 e. The second kappa shape index (κ2) is 5.61. The SMILES string of the molecule is CCc1cnc(CNc2cc(NN)nc(N)n2)s1. The number of hydrazine groups is 1. The lowest BCUT2D eigenvalue weighted by Gasteiger charge is -2.06. The first-order chi connectivity index (χ1) is 8.71. The van der Waals surface area contributed by atoms with Crippen LogP contribution in [0.15, 0.2) is 12.3 Å². The summed E-state index contributed by atoms with van der Waals surface area (Å²) in [6.45, 7) is 2.71. The Labute approximate surface area is 109 Å². The number of anilines is 3. The number of hydrogen-bond donors (Lipinski definition) is 4. The normalized spacial score (nSPS) is 10.3. The van der Waals surface area contributed by atoms with Crippen LogP contribution in [0, 0.1) is 0 Å². The van der Waals surface area contributed by atoms with Gasteiger partial charge in [-0.15, -0.1) is 11.3 Å². The van der Waals surface area contributed by atoms with Crippen LogP contribution in [0.1, 0.15) is 16.8 Å². The molecule has 0 saturated heterocycles. The van der Waals surface area contributed by atoms with Gasteiger partial charge in [-0.3, -0.25) is 0 Å². The number of aryl methyl sites for hydroxylation is 1. The summed E-state index contributed by atoms with van der Waals surface area (Å²) in [6.07, 6.45) is 2.89. The Morgan fingerprint density at radius 2 is 2.11 bits per heavy atom. The lowest BCUT2D eigenvalue weighted by molar-refractivity contribution is 1.06. The summed E-state index contributed by atoms with van der Waals surface area (Å²) in [7, 11) is 0. The van der Waals surface area contributed by atoms with Crippen molar-refractivity contribution in [1.29, 1.82) is 0 Å². The minimum Gasteiger partial charge on any atom is -0.368 e. The standard InChI is InChI=1S/C10H15N7S/c1-2-6-4-14-9(18-6)5-13-7-3-8(17-12)16-10(11)15-7/h3-4H,2,5,12H2,1H3,(H4,11,13,15,16,17). The van der Waals surface area contributed by atoms with Gasteiger partial charge in [-0.25, -0.2) is 10.8 Å². The van der Waals surface area contributed by atoms with Gasteiger partial charge in [-0.1, -0.05) is 6.92 Å². The minimum absolute atomic E-state index is 0.168. The summed E-state index contributed by atoms with van der Waals surface area (Å²) < 4.78 is 0. The molecule has 8 heteroatoms. The van der Waals surface area contributed by atoms with Crippen LogP contribution in [0.2, 0.25) is 0 Å². The Bertz CT molecular complexity index is 525. The smallest absolute Gasteiger partial charge is 0.223 e. The molecule has 0 aliphatic carbocycles. The summed E-state index contributed by atoms with van der Waals surface area (Å²) in [6, 6.07) is 1.69. The number of nitrogens with zero attached hydrogens (tertiary/aromatic N) is 3. The first-order valence-electron chi connectivity index (χ1n) is 5.50. The van der Waals surface area contributed by atoms with Gasteiger partial charge in [0.1, 0.15) is 16.6 Å². The number of nitrogens with two attached hydrogens (primary N) is 2. The third-order valence-electron chi connectivity index (χ3n) is 2.26. The topological polar surface area (TPSA) is 115 Å². The highest BCUT2D eigenvalue weighted by molar-refractivity contribution is 7.11. The van der Waals surface area contributed by atoms with E-state index in [1.807, 2.05) is 6.20 Å². The van der Waals surface area contributed by atoms with Crippen molar-refractivity contribution in [2.75, 3.05) is 16.5 Å². The minimum atomic E-state index is 0.168. The third kappa shape index (κ3) is 3.05. The fraction of sp³-hybridized carbons (Fsp3) is 0.300. The highest BCUT2D eigenvalue weighted by Gasteiger charge is 2.03. The van der Waals surface area contributed by atoms with Gasteiger partial charge >= 0.3 is 0 Å². The quantitative estimate of drug-likeness (QED) is 0.470. The van der Waals surface area contributed by atoms with Crippen molar-refractivity contribution >= 4 is 28.9 Å². The summed E-state index contributed by atoms with van der Waals surface area (Å²) in [5.74, 6) is 6.54. The van der Waals surface area contributed by atoms with Crippen molar-refractivity contribution in [2.24, 2.45) is 5.84 Å². The fourth-order valence-corrected chi connectivity index (χ4v) is 2.19. The second-order valence-corrected chi connectivity index (χ2v) is 4.77. The van der Waals surface area contributed by atoms with E-state index in [0.29, 0.717) is 18.2 Å². The third-order valence-corrected chi connectivity index (χ3v) is 3.40. The van der Waals surface area contributed by atoms with Gasteiger partial charge in [0.2, 0.25) is 5.95 Å². The molecule has 0 aliphatic heterocycles. The Morgan fingerprint density at radius 3 is 2.78 bits per heavy atom. The molecule has 2 aromatic heterocycles. The van der Waals surface area contributed by atoms with Gasteiger partial charge in [-0.2, -0.15) is 9.97 Å². The van der Waals surface area contributed by atoms with E-state index >= 15 is 0 Å². The molecule has 0 aromatic carbocycles. The number of hydrogen-bond acceptors (Lipinski definition) is 8. The van der Waals surface area contributed by atoms with Gasteiger partial charge in [-0.05, 0) is 6.42 Å². The van der Waals surface area contributed by atoms with Crippen molar-refractivity contribution in [3.8, 4) is 0 Å². The van der Waals surface area contributed by atoms with Gasteiger partial charge in [0.05, 0.1) is 6.54 Å². The Kier molecular flexibility index (Phi) is 3.90. The molecule has 2 rings (SSSR count). The van der Waals surface area contributed by atoms with E-state index < -0.39 is 0 Å². The van der Waals surface area contributed by atoms with Crippen molar-refractivity contribution in [1.82, 2.24) is 15.0 Å². The van der Waals surface area contributed by atoms with Crippen molar-refractivity contribution in [3.05, 3.63) is 22.1 Å². The predicted octanol–water partition coefficient (Wildman–Crippen LogP) is 0.975. The molecule has 0 atom stereocenters. The molecule has 0 aliphatic rings. The fourth-order valence-electron chi connectivity index (χ4n) is 1.39. The van der Waals surface area contributed by atoms with Crippen LogP contribution in [-0.2, 0) is 13.0 Å². The zero-order chi connectivity index (χ0) is 13.0. The highest BCUT2D eigenvalue weighted by atomic mass is 32.1. The van der Waals surface area contributed by atoms with Crippen LogP contribution >= 0.6 is 11.3 Å². The second-order valence-electron chi connectivity index (χ2n) is 3.57. The summed E-state index contributed by atoms with van der Waals surface area (Å²) in [5, 5.41) is 4.14. The van der Waals surface area contributed by atoms with E-state index in [4.69, 9.17) is 11.6 Å². The number of nitrogens with one attached hydrogen (secondary N) is 2. The zero-order valence-electron chi connectivity index (χ0n) is 9.97. The van der Waals surface area contributed by atoms with Crippen molar-refractivity contribution in [2.45, 2.75) is 19.9 Å². The highest BCUT2D eigenvalue weighted by Crippen LogP contribution is 2.16. The molecule has 0 fully saturated rings. The van der Waals surface area contributed by atoms with Crippen LogP contribution in [0.4, 0.5) is 17.6 Å². The van der Waals surface area contributed by atoms with Gasteiger partial charge < -0.3 is 16.5 Å². The van der Waals surface area contributed by atoms with E-state index in [9.17, 15) is 0 Å². The van der Waals surface area contributed by atoms with Crippen LogP contribution in [0.5, 0.6) is 0 Å². The number of thiazole rings is 1. The molecule has 0 unspecified atom stereocenters. The average Bonchev–Trinajstić information content (AvgIpc) is 2.83. The summed E-state index contributed by atoms with van der Waals surface area (Å²) >= 11 is 1.68. The van der Waals surface area contributed by atoms with E-state index in [-0.39, 0.29) is 5.95 Å². The molecular formula is C10H15N7S. The maximum absolute atomic E-state index is 5.56. The number of rotatable bonds is 5. The lowest BCUT2D eigenvalue weighted by atomic mass is 10.4. The zero-order valence-corrected chi connectivity index (χ0v) is 10.8. The number of nitrogen functional groups attached to an aromatic ring is 2. The molecular weight excluding hydrogens is 250 g/mol. The maximum atomic E-state index is 5.56. The molecule has 0 saturated carbocycles. The summed E-state index contributed by atoms with van der Waals surface area (Å²) in [5.41, 5.74) is 7.99. The molecule has 6 N–H and O–H groups in total. The van der Waals surface area contributed by atoms with Crippen LogP contribution in [0.3, 0.4) is 0 Å². The van der Waals surface area contributed by atoms with E-state index in [1.54, 1.807) is 17.4 Å². The first-order valence-corrected chi connectivity index (χ1v) is 6.31. The predicted molar refractivity (Wildman–Crippen MR) is 73.1 cm³/mol. The van der Waals surface area contributed by atoms with Gasteiger partial charge in [0.15, 0.2) is 0 Å². The first kappa shape index (κ1) is 12.5. The molecule has 2 aromatic rings. The lowest BCUT2D eigenvalue weighted by Crippen LogP contribution is -2.12. The Balaban J connectivity index is 2.03. The van der Waals surface area contributed by atoms with E-state index in [0.717, 1.165) is 11.4 Å². The van der Waals surface area contributed by atoms with Crippen LogP contribution < -0.4 is 22.3 Å².